The molecule has 31 heavy (non-hydrogen) atoms. The van der Waals surface area contributed by atoms with E-state index in [1.807, 2.05) is 67.7 Å². The highest BCUT2D eigenvalue weighted by Crippen LogP contribution is 1.99. The Morgan fingerprint density at radius 1 is 0.645 bits per heavy atom. The minimum Gasteiger partial charge on any atom is -0.318 e. The zero-order chi connectivity index (χ0) is 24.6. The third-order valence-corrected chi connectivity index (χ3v) is 3.67. The minimum absolute atomic E-state index is 0.0422. The topological polar surface area (TPSA) is 66.0 Å². The SMILES string of the molecule is CC.CC.CC.Cc1ccc(=O)n(C)c1.Cc1ccn(-c2cccn(C)c2=O)c(=O)c1. The van der Waals surface area contributed by atoms with Crippen LogP contribution in [0.3, 0.4) is 0 Å². The maximum atomic E-state index is 11.8. The van der Waals surface area contributed by atoms with Gasteiger partial charge in [0.05, 0.1) is 0 Å². The van der Waals surface area contributed by atoms with Crippen molar-refractivity contribution in [1.82, 2.24) is 13.7 Å². The van der Waals surface area contributed by atoms with Gasteiger partial charge in [-0.25, -0.2) is 0 Å². The van der Waals surface area contributed by atoms with Gasteiger partial charge in [-0.1, -0.05) is 47.6 Å². The fourth-order valence-corrected chi connectivity index (χ4v) is 2.28. The van der Waals surface area contributed by atoms with Crippen molar-refractivity contribution in [3.63, 3.8) is 0 Å². The molecule has 0 aliphatic carbocycles. The molecule has 172 valence electrons. The second kappa shape index (κ2) is 16.6. The second-order valence-corrected chi connectivity index (χ2v) is 5.88. The van der Waals surface area contributed by atoms with Crippen molar-refractivity contribution in [3.8, 4) is 5.69 Å². The van der Waals surface area contributed by atoms with E-state index in [0.29, 0.717) is 5.69 Å². The number of hydrogen-bond donors (Lipinski definition) is 0. The molecule has 6 heteroatoms. The van der Waals surface area contributed by atoms with Gasteiger partial charge in [0.15, 0.2) is 0 Å². The maximum absolute atomic E-state index is 11.8. The Kier molecular flexibility index (Phi) is 16.1. The van der Waals surface area contributed by atoms with Crippen LogP contribution in [0.25, 0.3) is 5.69 Å². The molecule has 0 saturated heterocycles. The molecule has 0 spiro atoms. The first-order valence-corrected chi connectivity index (χ1v) is 10.8. The van der Waals surface area contributed by atoms with Gasteiger partial charge in [0.2, 0.25) is 5.56 Å². The van der Waals surface area contributed by atoms with Crippen molar-refractivity contribution in [3.05, 3.63) is 97.2 Å². The Hall–Kier alpha value is -3.15. The molecular formula is C25H39N3O3. The maximum Gasteiger partial charge on any atom is 0.274 e. The summed E-state index contributed by atoms with van der Waals surface area (Å²) in [6.07, 6.45) is 5.09. The summed E-state index contributed by atoms with van der Waals surface area (Å²) in [6.45, 7) is 15.8. The largest absolute Gasteiger partial charge is 0.318 e. The van der Waals surface area contributed by atoms with Crippen LogP contribution in [0, 0.1) is 13.8 Å². The van der Waals surface area contributed by atoms with Gasteiger partial charge >= 0.3 is 0 Å². The summed E-state index contributed by atoms with van der Waals surface area (Å²) in [5.41, 5.74) is 2.03. The van der Waals surface area contributed by atoms with Gasteiger partial charge in [-0.3, -0.25) is 19.0 Å². The monoisotopic (exact) mass is 429 g/mol. The third kappa shape index (κ3) is 9.94. The van der Waals surface area contributed by atoms with Crippen LogP contribution in [0.2, 0.25) is 0 Å². The molecule has 0 aliphatic rings. The quantitative estimate of drug-likeness (QED) is 0.567. The van der Waals surface area contributed by atoms with Crippen molar-refractivity contribution in [1.29, 1.82) is 0 Å². The Labute approximate surface area is 186 Å². The summed E-state index contributed by atoms with van der Waals surface area (Å²) >= 11 is 0. The lowest BCUT2D eigenvalue weighted by Gasteiger charge is -2.06. The van der Waals surface area contributed by atoms with Crippen molar-refractivity contribution in [2.24, 2.45) is 14.1 Å². The van der Waals surface area contributed by atoms with E-state index in [1.165, 1.54) is 15.2 Å². The Morgan fingerprint density at radius 3 is 1.71 bits per heavy atom. The van der Waals surface area contributed by atoms with Crippen LogP contribution < -0.4 is 16.7 Å². The van der Waals surface area contributed by atoms with E-state index >= 15 is 0 Å². The predicted molar refractivity (Wildman–Crippen MR) is 132 cm³/mol. The number of aryl methyl sites for hydroxylation is 4. The summed E-state index contributed by atoms with van der Waals surface area (Å²) < 4.78 is 4.37. The molecule has 6 nitrogen and oxygen atoms in total. The molecule has 0 unspecified atom stereocenters. The van der Waals surface area contributed by atoms with Crippen molar-refractivity contribution in [2.45, 2.75) is 55.4 Å². The Morgan fingerprint density at radius 2 is 1.23 bits per heavy atom. The number of pyridine rings is 3. The minimum atomic E-state index is -0.191. The lowest BCUT2D eigenvalue weighted by atomic mass is 10.3. The van der Waals surface area contributed by atoms with E-state index in [9.17, 15) is 14.4 Å². The average molecular weight is 430 g/mol. The molecule has 3 heterocycles. The highest BCUT2D eigenvalue weighted by atomic mass is 16.1. The Bertz CT molecular complexity index is 1060. The van der Waals surface area contributed by atoms with Gasteiger partial charge < -0.3 is 9.13 Å². The predicted octanol–water partition coefficient (Wildman–Crippen LogP) is 4.62. The molecule has 0 radical (unpaired) electrons. The highest BCUT2D eigenvalue weighted by molar-refractivity contribution is 5.29. The van der Waals surface area contributed by atoms with Crippen molar-refractivity contribution < 1.29 is 0 Å². The van der Waals surface area contributed by atoms with Gasteiger partial charge in [0.25, 0.3) is 11.1 Å². The fraction of sp³-hybridized carbons (Fsp3) is 0.400. The van der Waals surface area contributed by atoms with Crippen LogP contribution >= 0.6 is 0 Å². The normalized spacial score (nSPS) is 8.71. The van der Waals surface area contributed by atoms with Crippen LogP contribution in [0.4, 0.5) is 0 Å². The summed E-state index contributed by atoms with van der Waals surface area (Å²) in [5.74, 6) is 0. The molecule has 0 amide bonds. The third-order valence-electron chi connectivity index (χ3n) is 3.67. The highest BCUT2D eigenvalue weighted by Gasteiger charge is 2.04. The van der Waals surface area contributed by atoms with Crippen LogP contribution in [0.5, 0.6) is 0 Å². The summed E-state index contributed by atoms with van der Waals surface area (Å²) in [6, 6.07) is 10.1. The van der Waals surface area contributed by atoms with Crippen molar-refractivity contribution >= 4 is 0 Å². The van der Waals surface area contributed by atoms with E-state index in [-0.39, 0.29) is 16.7 Å². The number of rotatable bonds is 1. The van der Waals surface area contributed by atoms with Crippen molar-refractivity contribution in [2.75, 3.05) is 0 Å². The zero-order valence-corrected chi connectivity index (χ0v) is 20.8. The molecule has 0 aliphatic heterocycles. The molecule has 0 fully saturated rings. The van der Waals surface area contributed by atoms with Gasteiger partial charge in [-0.05, 0) is 43.2 Å². The van der Waals surface area contributed by atoms with Gasteiger partial charge in [-0.2, -0.15) is 0 Å². The molecule has 0 saturated carbocycles. The standard InChI is InChI=1S/C12H12N2O2.C7H9NO.3C2H6/c1-9-5-7-14(11(15)8-9)10-4-3-6-13(2)12(10)16;1-6-3-4-7(9)8(2)5-6;3*1-2/h3-8H,1-2H3;3-5H,1-2H3;3*1-2H3. The van der Waals surface area contributed by atoms with Gasteiger partial charge in [0, 0.05) is 44.8 Å². The molecule has 3 aromatic heterocycles. The van der Waals surface area contributed by atoms with Crippen LogP contribution in [0.1, 0.15) is 52.7 Å². The smallest absolute Gasteiger partial charge is 0.274 e. The molecule has 0 atom stereocenters. The van der Waals surface area contributed by atoms with Gasteiger partial charge in [-0.15, -0.1) is 0 Å². The first-order chi connectivity index (χ1) is 14.8. The average Bonchev–Trinajstić information content (AvgIpc) is 2.78. The van der Waals surface area contributed by atoms with Crippen LogP contribution in [0.15, 0.2) is 69.4 Å². The molecule has 0 aromatic carbocycles. The number of aromatic nitrogens is 3. The van der Waals surface area contributed by atoms with E-state index < -0.39 is 0 Å². The molecular weight excluding hydrogens is 390 g/mol. The lowest BCUT2D eigenvalue weighted by molar-refractivity contribution is 0.828. The van der Waals surface area contributed by atoms with Gasteiger partial charge in [0.1, 0.15) is 5.69 Å². The first-order valence-electron chi connectivity index (χ1n) is 10.8. The van der Waals surface area contributed by atoms with Crippen LogP contribution in [-0.4, -0.2) is 13.7 Å². The molecule has 0 N–H and O–H groups in total. The number of hydrogen-bond acceptors (Lipinski definition) is 3. The zero-order valence-electron chi connectivity index (χ0n) is 20.8. The van der Waals surface area contributed by atoms with Crippen LogP contribution in [-0.2, 0) is 14.1 Å². The van der Waals surface area contributed by atoms with E-state index in [4.69, 9.17) is 0 Å². The number of nitrogens with zero attached hydrogens (tertiary/aromatic N) is 3. The summed E-state index contributed by atoms with van der Waals surface area (Å²) in [5, 5.41) is 0. The fourth-order valence-electron chi connectivity index (χ4n) is 2.28. The Balaban J connectivity index is 0. The van der Waals surface area contributed by atoms with E-state index in [2.05, 4.69) is 0 Å². The summed E-state index contributed by atoms with van der Waals surface area (Å²) in [7, 11) is 3.40. The first kappa shape index (κ1) is 30.0. The lowest BCUT2D eigenvalue weighted by Crippen LogP contribution is -2.27. The molecule has 3 aromatic rings. The molecule has 3 rings (SSSR count). The van der Waals surface area contributed by atoms with E-state index in [0.717, 1.165) is 11.1 Å². The molecule has 0 bridgehead atoms. The summed E-state index contributed by atoms with van der Waals surface area (Å²) in [4.78, 5) is 34.3. The second-order valence-electron chi connectivity index (χ2n) is 5.88. The van der Waals surface area contributed by atoms with E-state index in [1.54, 1.807) is 55.3 Å².